The molecule has 2 heterocycles. The zero-order valence-corrected chi connectivity index (χ0v) is 18.1. The van der Waals surface area contributed by atoms with Crippen LogP contribution in [-0.2, 0) is 27.3 Å². The first-order valence-electron chi connectivity index (χ1n) is 11.4. The number of rotatable bonds is 11. The van der Waals surface area contributed by atoms with Gasteiger partial charge in [0, 0.05) is 36.6 Å². The van der Waals surface area contributed by atoms with Crippen LogP contribution in [0.25, 0.3) is 10.9 Å². The number of hydrogen-bond donors (Lipinski definition) is 2. The van der Waals surface area contributed by atoms with Gasteiger partial charge >= 0.3 is 5.97 Å². The molecule has 164 valence electrons. The molecule has 1 fully saturated rings. The molecule has 6 nitrogen and oxygen atoms in total. The summed E-state index contributed by atoms with van der Waals surface area (Å²) in [7, 11) is 0. The van der Waals surface area contributed by atoms with Gasteiger partial charge in [-0.2, -0.15) is 0 Å². The van der Waals surface area contributed by atoms with E-state index in [1.807, 2.05) is 0 Å². The predicted octanol–water partition coefficient (Wildman–Crippen LogP) is 3.42. The lowest BCUT2D eigenvalue weighted by Gasteiger charge is -2.22. The second kappa shape index (κ2) is 11.7. The Balaban J connectivity index is 1.50. The molecule has 0 radical (unpaired) electrons. The second-order valence-electron chi connectivity index (χ2n) is 8.11. The van der Waals surface area contributed by atoms with Gasteiger partial charge in [-0.3, -0.25) is 9.59 Å². The molecule has 0 bridgehead atoms. The van der Waals surface area contributed by atoms with Crippen molar-refractivity contribution in [1.29, 1.82) is 0 Å². The topological polar surface area (TPSA) is 72.4 Å². The minimum atomic E-state index is -0.273. The van der Waals surface area contributed by atoms with Crippen molar-refractivity contribution >= 4 is 22.8 Å². The molecule has 2 N–H and O–H groups in total. The maximum Gasteiger partial charge on any atom is 0.307 e. The Kier molecular flexibility index (Phi) is 8.75. The molecule has 0 spiro atoms. The van der Waals surface area contributed by atoms with Gasteiger partial charge < -0.3 is 19.9 Å². The number of carbonyl (C=O) groups is 2. The fraction of sp³-hybridized carbons (Fsp3) is 0.583. The summed E-state index contributed by atoms with van der Waals surface area (Å²) in [5.74, 6) is 0.554. The molecule has 0 atom stereocenters. The van der Waals surface area contributed by atoms with Crippen LogP contribution in [0.15, 0.2) is 30.5 Å². The molecule has 0 unspecified atom stereocenters. The Bertz CT molecular complexity index is 824. The van der Waals surface area contributed by atoms with E-state index in [2.05, 4.69) is 45.7 Å². The molecule has 1 aromatic carbocycles. The van der Waals surface area contributed by atoms with Crippen molar-refractivity contribution in [2.24, 2.45) is 5.92 Å². The van der Waals surface area contributed by atoms with Crippen LogP contribution in [0.2, 0.25) is 0 Å². The highest BCUT2D eigenvalue weighted by molar-refractivity contribution is 5.85. The van der Waals surface area contributed by atoms with Crippen molar-refractivity contribution in [2.45, 2.75) is 58.4 Å². The summed E-state index contributed by atoms with van der Waals surface area (Å²) >= 11 is 0. The molecular formula is C24H35N3O3. The zero-order valence-electron chi connectivity index (χ0n) is 18.1. The lowest BCUT2D eigenvalue weighted by Crippen LogP contribution is -2.27. The summed E-state index contributed by atoms with van der Waals surface area (Å²) in [5, 5.41) is 7.49. The highest BCUT2D eigenvalue weighted by atomic mass is 16.5. The first-order chi connectivity index (χ1) is 14.7. The summed E-state index contributed by atoms with van der Waals surface area (Å²) < 4.78 is 7.23. The number of aromatic nitrogens is 1. The molecule has 0 saturated carbocycles. The molecule has 1 amide bonds. The monoisotopic (exact) mass is 413 g/mol. The molecule has 2 aromatic rings. The third-order valence-electron chi connectivity index (χ3n) is 5.92. The highest BCUT2D eigenvalue weighted by Crippen LogP contribution is 2.24. The maximum atomic E-state index is 12.2. The lowest BCUT2D eigenvalue weighted by molar-refractivity contribution is -0.143. The van der Waals surface area contributed by atoms with Gasteiger partial charge in [0.15, 0.2) is 0 Å². The van der Waals surface area contributed by atoms with Crippen LogP contribution in [0.3, 0.4) is 0 Å². The Labute approximate surface area is 179 Å². The number of carbonyl (C=O) groups excluding carboxylic acids is 2. The van der Waals surface area contributed by atoms with E-state index in [9.17, 15) is 9.59 Å². The van der Waals surface area contributed by atoms with Crippen LogP contribution in [0.5, 0.6) is 0 Å². The molecule has 1 aliphatic rings. The number of nitrogens with zero attached hydrogens (tertiary/aromatic N) is 1. The number of fused-ring (bicyclic) bond motifs is 1. The van der Waals surface area contributed by atoms with Crippen LogP contribution in [0.1, 0.15) is 51.0 Å². The van der Waals surface area contributed by atoms with E-state index in [-0.39, 0.29) is 18.3 Å². The second-order valence-corrected chi connectivity index (χ2v) is 8.11. The van der Waals surface area contributed by atoms with Gasteiger partial charge in [-0.25, -0.2) is 0 Å². The number of amides is 1. The van der Waals surface area contributed by atoms with Crippen LogP contribution >= 0.6 is 0 Å². The number of nitrogens with one attached hydrogen (secondary N) is 2. The van der Waals surface area contributed by atoms with Gasteiger partial charge in [0.25, 0.3) is 0 Å². The van der Waals surface area contributed by atoms with Gasteiger partial charge in [-0.1, -0.05) is 18.2 Å². The molecule has 3 rings (SSSR count). The number of piperidine rings is 1. The van der Waals surface area contributed by atoms with Crippen molar-refractivity contribution in [2.75, 3.05) is 26.2 Å². The Hall–Kier alpha value is -2.34. The molecular weight excluding hydrogens is 378 g/mol. The summed E-state index contributed by atoms with van der Waals surface area (Å²) in [6, 6.07) is 8.46. The molecule has 0 aliphatic carbocycles. The van der Waals surface area contributed by atoms with Crippen molar-refractivity contribution in [3.8, 4) is 0 Å². The van der Waals surface area contributed by atoms with E-state index in [0.717, 1.165) is 25.6 Å². The number of ether oxygens (including phenoxy) is 1. The van der Waals surface area contributed by atoms with E-state index >= 15 is 0 Å². The molecule has 30 heavy (non-hydrogen) atoms. The standard InChI is InChI=1S/C24H35N3O3/c1-2-30-24(29)13-16-26-23(28)10-9-20-18-27(22-8-4-3-7-21(20)22)17-5-6-19-11-14-25-15-12-19/h3-4,7-8,18-19,25H,2,5-6,9-17H2,1H3,(H,26,28). The minimum absolute atomic E-state index is 0.0259. The average Bonchev–Trinajstić information content (AvgIpc) is 3.11. The third kappa shape index (κ3) is 6.59. The SMILES string of the molecule is CCOC(=O)CCNC(=O)CCc1cn(CCCC2CCNCC2)c2ccccc12. The van der Waals surface area contributed by atoms with Gasteiger partial charge in [0.2, 0.25) is 5.91 Å². The van der Waals surface area contributed by atoms with Crippen molar-refractivity contribution < 1.29 is 14.3 Å². The first kappa shape index (κ1) is 22.3. The maximum absolute atomic E-state index is 12.2. The van der Waals surface area contributed by atoms with Crippen LogP contribution in [-0.4, -0.2) is 42.7 Å². The number of aryl methyl sites for hydroxylation is 2. The molecule has 6 heteroatoms. The lowest BCUT2D eigenvalue weighted by atomic mass is 9.93. The van der Waals surface area contributed by atoms with Crippen LogP contribution in [0.4, 0.5) is 0 Å². The number of para-hydroxylation sites is 1. The van der Waals surface area contributed by atoms with E-state index < -0.39 is 0 Å². The quantitative estimate of drug-likeness (QED) is 0.554. The fourth-order valence-electron chi connectivity index (χ4n) is 4.30. The fourth-order valence-corrected chi connectivity index (χ4v) is 4.30. The van der Waals surface area contributed by atoms with Crippen molar-refractivity contribution in [3.05, 3.63) is 36.0 Å². The number of esters is 1. The van der Waals surface area contributed by atoms with Crippen LogP contribution < -0.4 is 10.6 Å². The summed E-state index contributed by atoms with van der Waals surface area (Å²) in [6.45, 7) is 5.81. The first-order valence-corrected chi connectivity index (χ1v) is 11.4. The van der Waals surface area contributed by atoms with Gasteiger partial charge in [-0.05, 0) is 69.7 Å². The summed E-state index contributed by atoms with van der Waals surface area (Å²) in [5.41, 5.74) is 2.47. The van der Waals surface area contributed by atoms with Crippen LogP contribution in [0, 0.1) is 5.92 Å². The molecule has 1 aliphatic heterocycles. The van der Waals surface area contributed by atoms with Gasteiger partial charge in [0.1, 0.15) is 0 Å². The van der Waals surface area contributed by atoms with E-state index in [1.165, 1.54) is 42.1 Å². The van der Waals surface area contributed by atoms with Gasteiger partial charge in [0.05, 0.1) is 13.0 Å². The largest absolute Gasteiger partial charge is 0.466 e. The Morgan fingerprint density at radius 1 is 1.20 bits per heavy atom. The van der Waals surface area contributed by atoms with Crippen molar-refractivity contribution in [3.63, 3.8) is 0 Å². The van der Waals surface area contributed by atoms with Gasteiger partial charge in [-0.15, -0.1) is 0 Å². The minimum Gasteiger partial charge on any atom is -0.466 e. The molecule has 1 saturated heterocycles. The Morgan fingerprint density at radius 3 is 2.80 bits per heavy atom. The van der Waals surface area contributed by atoms with E-state index in [4.69, 9.17) is 4.74 Å². The van der Waals surface area contributed by atoms with E-state index in [0.29, 0.717) is 26.0 Å². The third-order valence-corrected chi connectivity index (χ3v) is 5.92. The number of benzene rings is 1. The smallest absolute Gasteiger partial charge is 0.307 e. The Morgan fingerprint density at radius 2 is 2.00 bits per heavy atom. The zero-order chi connectivity index (χ0) is 21.2. The summed E-state index contributed by atoms with van der Waals surface area (Å²) in [6.07, 6.45) is 8.63. The predicted molar refractivity (Wildman–Crippen MR) is 119 cm³/mol. The highest BCUT2D eigenvalue weighted by Gasteiger charge is 2.14. The average molecular weight is 414 g/mol. The molecule has 1 aromatic heterocycles. The van der Waals surface area contributed by atoms with E-state index in [1.54, 1.807) is 6.92 Å². The number of hydrogen-bond acceptors (Lipinski definition) is 4. The summed E-state index contributed by atoms with van der Waals surface area (Å²) in [4.78, 5) is 23.5. The van der Waals surface area contributed by atoms with Crippen molar-refractivity contribution in [1.82, 2.24) is 15.2 Å². The normalized spacial score (nSPS) is 14.7.